The molecule has 1 aliphatic heterocycles. The molecule has 1 heterocycles. The minimum atomic E-state index is 0.466. The lowest BCUT2D eigenvalue weighted by atomic mass is 9.89. The van der Waals surface area contributed by atoms with Crippen LogP contribution < -0.4 is 5.32 Å². The molecule has 0 aromatic heterocycles. The zero-order valence-corrected chi connectivity index (χ0v) is 10.9. The molecule has 0 radical (unpaired) electrons. The highest BCUT2D eigenvalue weighted by molar-refractivity contribution is 4.86. The van der Waals surface area contributed by atoms with E-state index in [1.807, 2.05) is 0 Å². The molecule has 1 N–H and O–H groups in total. The van der Waals surface area contributed by atoms with Crippen molar-refractivity contribution >= 4 is 0 Å². The van der Waals surface area contributed by atoms with E-state index in [9.17, 15) is 0 Å². The molecule has 0 bridgehead atoms. The van der Waals surface area contributed by atoms with Gasteiger partial charge in [-0.3, -0.25) is 0 Å². The molecule has 1 saturated carbocycles. The van der Waals surface area contributed by atoms with Crippen LogP contribution in [0.3, 0.4) is 0 Å². The quantitative estimate of drug-likeness (QED) is 0.719. The summed E-state index contributed by atoms with van der Waals surface area (Å²) in [5.74, 6) is 1.81. The molecule has 3 unspecified atom stereocenters. The molecular weight excluding hydrogens is 198 g/mol. The maximum atomic E-state index is 5.71. The van der Waals surface area contributed by atoms with Crippen molar-refractivity contribution < 1.29 is 4.74 Å². The molecule has 3 atom stereocenters. The van der Waals surface area contributed by atoms with Crippen molar-refractivity contribution in [2.24, 2.45) is 11.8 Å². The zero-order chi connectivity index (χ0) is 11.4. The van der Waals surface area contributed by atoms with Gasteiger partial charge >= 0.3 is 0 Å². The van der Waals surface area contributed by atoms with Gasteiger partial charge in [0.25, 0.3) is 0 Å². The van der Waals surface area contributed by atoms with E-state index in [2.05, 4.69) is 19.2 Å². The first-order valence-corrected chi connectivity index (χ1v) is 7.16. The van der Waals surface area contributed by atoms with Crippen molar-refractivity contribution in [1.82, 2.24) is 5.32 Å². The van der Waals surface area contributed by atoms with Gasteiger partial charge in [0.15, 0.2) is 0 Å². The Morgan fingerprint density at radius 1 is 1.31 bits per heavy atom. The molecular formula is C14H27NO. The summed E-state index contributed by atoms with van der Waals surface area (Å²) < 4.78 is 5.71. The summed E-state index contributed by atoms with van der Waals surface area (Å²) in [6, 6.07) is 0.707. The van der Waals surface area contributed by atoms with Gasteiger partial charge in [-0.1, -0.05) is 19.8 Å². The van der Waals surface area contributed by atoms with Crippen LogP contribution in [0.1, 0.15) is 52.4 Å². The van der Waals surface area contributed by atoms with Crippen molar-refractivity contribution in [3.8, 4) is 0 Å². The van der Waals surface area contributed by atoms with Gasteiger partial charge < -0.3 is 10.1 Å². The van der Waals surface area contributed by atoms with E-state index in [0.29, 0.717) is 12.1 Å². The molecule has 2 heteroatoms. The first-order valence-electron chi connectivity index (χ1n) is 7.16. The predicted octanol–water partition coefficient (Wildman–Crippen LogP) is 2.97. The van der Waals surface area contributed by atoms with E-state index in [1.54, 1.807) is 0 Å². The summed E-state index contributed by atoms with van der Waals surface area (Å²) in [4.78, 5) is 0. The fourth-order valence-corrected chi connectivity index (χ4v) is 2.90. The Bertz CT molecular complexity index is 203. The molecule has 2 rings (SSSR count). The van der Waals surface area contributed by atoms with Gasteiger partial charge in [0.05, 0.1) is 6.10 Å². The van der Waals surface area contributed by atoms with E-state index in [1.165, 1.54) is 45.1 Å². The molecule has 1 aliphatic carbocycles. The van der Waals surface area contributed by atoms with Crippen molar-refractivity contribution in [3.63, 3.8) is 0 Å². The lowest BCUT2D eigenvalue weighted by Gasteiger charge is -2.27. The van der Waals surface area contributed by atoms with Crippen LogP contribution in [-0.2, 0) is 4.74 Å². The lowest BCUT2D eigenvalue weighted by molar-refractivity contribution is 0.0938. The largest absolute Gasteiger partial charge is 0.378 e. The summed E-state index contributed by atoms with van der Waals surface area (Å²) in [6.45, 7) is 6.63. The van der Waals surface area contributed by atoms with Crippen LogP contribution in [0, 0.1) is 11.8 Å². The Kier molecular flexibility index (Phi) is 4.66. The SMILES string of the molecule is CCCNC(CCC1CC1)C1CCOC1C. The zero-order valence-electron chi connectivity index (χ0n) is 10.9. The van der Waals surface area contributed by atoms with E-state index < -0.39 is 0 Å². The standard InChI is InChI=1S/C14H27NO/c1-3-9-15-14(7-6-12-4-5-12)13-8-10-16-11(13)2/h11-15H,3-10H2,1-2H3. The fraction of sp³-hybridized carbons (Fsp3) is 1.00. The average Bonchev–Trinajstić information content (AvgIpc) is 3.02. The molecule has 2 nitrogen and oxygen atoms in total. The summed E-state index contributed by atoms with van der Waals surface area (Å²) in [5, 5.41) is 3.74. The predicted molar refractivity (Wildman–Crippen MR) is 67.6 cm³/mol. The highest BCUT2D eigenvalue weighted by Crippen LogP contribution is 2.36. The summed E-state index contributed by atoms with van der Waals surface area (Å²) >= 11 is 0. The first kappa shape index (κ1) is 12.4. The Balaban J connectivity index is 1.79. The number of nitrogens with one attached hydrogen (secondary N) is 1. The normalized spacial score (nSPS) is 31.9. The van der Waals surface area contributed by atoms with Crippen LogP contribution >= 0.6 is 0 Å². The van der Waals surface area contributed by atoms with Crippen molar-refractivity contribution in [2.45, 2.75) is 64.5 Å². The molecule has 0 aromatic rings. The van der Waals surface area contributed by atoms with Crippen molar-refractivity contribution in [2.75, 3.05) is 13.2 Å². The second-order valence-electron chi connectivity index (χ2n) is 5.61. The van der Waals surface area contributed by atoms with Crippen molar-refractivity contribution in [3.05, 3.63) is 0 Å². The second-order valence-corrected chi connectivity index (χ2v) is 5.61. The van der Waals surface area contributed by atoms with Crippen LogP contribution in [0.4, 0.5) is 0 Å². The molecule has 0 aromatic carbocycles. The Hall–Kier alpha value is -0.0800. The highest BCUT2D eigenvalue weighted by atomic mass is 16.5. The Labute approximate surface area is 100 Å². The Morgan fingerprint density at radius 2 is 2.12 bits per heavy atom. The molecule has 0 spiro atoms. The van der Waals surface area contributed by atoms with E-state index in [4.69, 9.17) is 4.74 Å². The van der Waals surface area contributed by atoms with Crippen LogP contribution in [0.15, 0.2) is 0 Å². The lowest BCUT2D eigenvalue weighted by Crippen LogP contribution is -2.39. The van der Waals surface area contributed by atoms with Crippen LogP contribution in [0.5, 0.6) is 0 Å². The Morgan fingerprint density at radius 3 is 2.69 bits per heavy atom. The molecule has 0 amide bonds. The van der Waals surface area contributed by atoms with Crippen molar-refractivity contribution in [1.29, 1.82) is 0 Å². The minimum absolute atomic E-state index is 0.466. The third-order valence-corrected chi connectivity index (χ3v) is 4.19. The molecule has 16 heavy (non-hydrogen) atoms. The number of hydrogen-bond acceptors (Lipinski definition) is 2. The minimum Gasteiger partial charge on any atom is -0.378 e. The van der Waals surface area contributed by atoms with Gasteiger partial charge in [0.1, 0.15) is 0 Å². The van der Waals surface area contributed by atoms with E-state index >= 15 is 0 Å². The van der Waals surface area contributed by atoms with Gasteiger partial charge in [-0.15, -0.1) is 0 Å². The monoisotopic (exact) mass is 225 g/mol. The molecule has 1 saturated heterocycles. The van der Waals surface area contributed by atoms with E-state index in [-0.39, 0.29) is 0 Å². The number of hydrogen-bond donors (Lipinski definition) is 1. The van der Waals surface area contributed by atoms with Gasteiger partial charge in [0.2, 0.25) is 0 Å². The maximum absolute atomic E-state index is 5.71. The highest BCUT2D eigenvalue weighted by Gasteiger charge is 2.32. The van der Waals surface area contributed by atoms with Crippen LogP contribution in [0.25, 0.3) is 0 Å². The smallest absolute Gasteiger partial charge is 0.0590 e. The van der Waals surface area contributed by atoms with E-state index in [0.717, 1.165) is 18.4 Å². The first-order chi connectivity index (χ1) is 7.81. The van der Waals surface area contributed by atoms with Gasteiger partial charge in [0, 0.05) is 18.6 Å². The summed E-state index contributed by atoms with van der Waals surface area (Å²) in [5.41, 5.74) is 0. The molecule has 2 fully saturated rings. The number of rotatable bonds is 7. The topological polar surface area (TPSA) is 21.3 Å². The average molecular weight is 225 g/mol. The maximum Gasteiger partial charge on any atom is 0.0590 e. The van der Waals surface area contributed by atoms with Gasteiger partial charge in [-0.25, -0.2) is 0 Å². The molecule has 2 aliphatic rings. The molecule has 94 valence electrons. The van der Waals surface area contributed by atoms with Crippen LogP contribution in [0.2, 0.25) is 0 Å². The summed E-state index contributed by atoms with van der Waals surface area (Å²) in [6.07, 6.45) is 8.73. The fourth-order valence-electron chi connectivity index (χ4n) is 2.90. The number of ether oxygens (including phenoxy) is 1. The third kappa shape index (κ3) is 3.46. The summed E-state index contributed by atoms with van der Waals surface area (Å²) in [7, 11) is 0. The third-order valence-electron chi connectivity index (χ3n) is 4.19. The van der Waals surface area contributed by atoms with Crippen LogP contribution in [-0.4, -0.2) is 25.3 Å². The van der Waals surface area contributed by atoms with Gasteiger partial charge in [-0.05, 0) is 45.1 Å². The second kappa shape index (κ2) is 6.02. The van der Waals surface area contributed by atoms with Gasteiger partial charge in [-0.2, -0.15) is 0 Å².